The van der Waals surface area contributed by atoms with Gasteiger partial charge in [0, 0.05) is 39.1 Å². The second-order valence-electron chi connectivity index (χ2n) is 5.62. The lowest BCUT2D eigenvalue weighted by atomic mass is 9.96. The first-order valence-corrected chi connectivity index (χ1v) is 7.58. The van der Waals surface area contributed by atoms with Crippen molar-refractivity contribution in [1.82, 2.24) is 14.4 Å². The lowest BCUT2D eigenvalue weighted by Crippen LogP contribution is -2.44. The van der Waals surface area contributed by atoms with E-state index >= 15 is 0 Å². The predicted molar refractivity (Wildman–Crippen MR) is 83.9 cm³/mol. The zero-order chi connectivity index (χ0) is 14.8. The molecule has 6 nitrogen and oxygen atoms in total. The van der Waals surface area contributed by atoms with Crippen molar-refractivity contribution < 1.29 is 4.74 Å². The van der Waals surface area contributed by atoms with Crippen LogP contribution in [0.3, 0.4) is 0 Å². The zero-order valence-corrected chi connectivity index (χ0v) is 12.9. The summed E-state index contributed by atoms with van der Waals surface area (Å²) in [4.78, 5) is 11.5. The summed E-state index contributed by atoms with van der Waals surface area (Å²) >= 11 is 0. The van der Waals surface area contributed by atoms with E-state index in [0.717, 1.165) is 43.3 Å². The lowest BCUT2D eigenvalue weighted by Gasteiger charge is -2.37. The molecule has 3 rings (SSSR count). The van der Waals surface area contributed by atoms with E-state index in [2.05, 4.69) is 29.0 Å². The number of imidazole rings is 1. The Bertz CT molecular complexity index is 611. The van der Waals surface area contributed by atoms with Gasteiger partial charge in [-0.3, -0.25) is 0 Å². The molecule has 0 spiro atoms. The van der Waals surface area contributed by atoms with Crippen LogP contribution in [-0.4, -0.2) is 47.2 Å². The van der Waals surface area contributed by atoms with Crippen molar-refractivity contribution >= 4 is 17.3 Å². The highest BCUT2D eigenvalue weighted by Crippen LogP contribution is 2.27. The van der Waals surface area contributed by atoms with Gasteiger partial charge >= 0.3 is 0 Å². The van der Waals surface area contributed by atoms with E-state index < -0.39 is 0 Å². The Labute approximate surface area is 125 Å². The molecule has 1 aliphatic heterocycles. The van der Waals surface area contributed by atoms with E-state index in [9.17, 15) is 0 Å². The third-order valence-corrected chi connectivity index (χ3v) is 4.21. The topological polar surface area (TPSA) is 54.7 Å². The van der Waals surface area contributed by atoms with E-state index in [1.54, 1.807) is 7.11 Å². The SMILES string of the molecule is CCNc1cn2ccnc2c(N2CCC(C)C(OC)C2)n1. The van der Waals surface area contributed by atoms with Crippen LogP contribution in [0.5, 0.6) is 0 Å². The number of ether oxygens (including phenoxy) is 1. The molecule has 1 fully saturated rings. The monoisotopic (exact) mass is 289 g/mol. The van der Waals surface area contributed by atoms with Gasteiger partial charge in [-0.1, -0.05) is 6.92 Å². The summed E-state index contributed by atoms with van der Waals surface area (Å²) in [5.41, 5.74) is 0.904. The standard InChI is InChI=1S/C15H23N5O/c1-4-16-13-10-20-8-6-17-14(20)15(18-13)19-7-5-11(2)12(9-19)21-3/h6,8,10-12,16H,4-5,7,9H2,1-3H3. The molecule has 1 aliphatic rings. The number of anilines is 2. The fourth-order valence-electron chi connectivity index (χ4n) is 2.93. The number of methoxy groups -OCH3 is 1. The molecule has 0 aliphatic carbocycles. The Morgan fingerprint density at radius 3 is 3.10 bits per heavy atom. The summed E-state index contributed by atoms with van der Waals surface area (Å²) in [7, 11) is 1.79. The van der Waals surface area contributed by atoms with E-state index in [-0.39, 0.29) is 6.10 Å². The maximum absolute atomic E-state index is 5.61. The molecule has 6 heteroatoms. The van der Waals surface area contributed by atoms with Gasteiger partial charge in [0.25, 0.3) is 0 Å². The molecule has 2 aromatic rings. The van der Waals surface area contributed by atoms with Crippen molar-refractivity contribution in [3.63, 3.8) is 0 Å². The Morgan fingerprint density at radius 2 is 2.33 bits per heavy atom. The summed E-state index contributed by atoms with van der Waals surface area (Å²) in [5, 5.41) is 3.29. The van der Waals surface area contributed by atoms with Crippen molar-refractivity contribution in [2.24, 2.45) is 5.92 Å². The van der Waals surface area contributed by atoms with Gasteiger partial charge in [-0.15, -0.1) is 0 Å². The number of aromatic nitrogens is 3. The number of piperidine rings is 1. The van der Waals surface area contributed by atoms with Gasteiger partial charge < -0.3 is 19.4 Å². The minimum atomic E-state index is 0.248. The summed E-state index contributed by atoms with van der Waals surface area (Å²) in [6.45, 7) is 7.03. The third kappa shape index (κ3) is 2.68. The Kier molecular flexibility index (Phi) is 3.96. The quantitative estimate of drug-likeness (QED) is 0.933. The molecular formula is C15H23N5O. The second-order valence-corrected chi connectivity index (χ2v) is 5.62. The van der Waals surface area contributed by atoms with Gasteiger partial charge in [0.15, 0.2) is 11.5 Å². The first-order valence-electron chi connectivity index (χ1n) is 7.58. The molecule has 21 heavy (non-hydrogen) atoms. The van der Waals surface area contributed by atoms with Crippen molar-refractivity contribution in [3.8, 4) is 0 Å². The molecule has 1 saturated heterocycles. The van der Waals surface area contributed by atoms with E-state index in [1.807, 2.05) is 23.0 Å². The van der Waals surface area contributed by atoms with Crippen LogP contribution in [-0.2, 0) is 4.74 Å². The molecule has 0 amide bonds. The zero-order valence-electron chi connectivity index (χ0n) is 12.9. The van der Waals surface area contributed by atoms with Gasteiger partial charge in [0.05, 0.1) is 12.3 Å². The van der Waals surface area contributed by atoms with Crippen LogP contribution in [0.15, 0.2) is 18.6 Å². The van der Waals surface area contributed by atoms with Crippen molar-refractivity contribution in [2.75, 3.05) is 37.0 Å². The van der Waals surface area contributed by atoms with Crippen molar-refractivity contribution in [2.45, 2.75) is 26.4 Å². The summed E-state index contributed by atoms with van der Waals surface area (Å²) in [6.07, 6.45) is 7.12. The molecule has 2 aromatic heterocycles. The van der Waals surface area contributed by atoms with E-state index in [0.29, 0.717) is 5.92 Å². The summed E-state index contributed by atoms with van der Waals surface area (Å²) in [6, 6.07) is 0. The fraction of sp³-hybridized carbons (Fsp3) is 0.600. The smallest absolute Gasteiger partial charge is 0.180 e. The number of fused-ring (bicyclic) bond motifs is 1. The molecule has 114 valence electrons. The van der Waals surface area contributed by atoms with Gasteiger partial charge in [-0.05, 0) is 19.3 Å². The largest absolute Gasteiger partial charge is 0.379 e. The van der Waals surface area contributed by atoms with Crippen molar-refractivity contribution in [1.29, 1.82) is 0 Å². The fourth-order valence-corrected chi connectivity index (χ4v) is 2.93. The number of nitrogens with one attached hydrogen (secondary N) is 1. The van der Waals surface area contributed by atoms with Gasteiger partial charge in [0.1, 0.15) is 5.82 Å². The summed E-state index contributed by atoms with van der Waals surface area (Å²) < 4.78 is 7.64. The predicted octanol–water partition coefficient (Wildman–Crippen LogP) is 2.02. The average molecular weight is 289 g/mol. The minimum absolute atomic E-state index is 0.248. The van der Waals surface area contributed by atoms with Crippen LogP contribution in [0, 0.1) is 5.92 Å². The summed E-state index contributed by atoms with van der Waals surface area (Å²) in [5.74, 6) is 2.40. The van der Waals surface area contributed by atoms with Gasteiger partial charge in [-0.25, -0.2) is 9.97 Å². The highest BCUT2D eigenvalue weighted by Gasteiger charge is 2.28. The molecule has 3 heterocycles. The number of rotatable bonds is 4. The normalized spacial score (nSPS) is 22.7. The Hall–Kier alpha value is -1.82. The van der Waals surface area contributed by atoms with Gasteiger partial charge in [0.2, 0.25) is 0 Å². The lowest BCUT2D eigenvalue weighted by molar-refractivity contribution is 0.0497. The maximum atomic E-state index is 5.61. The molecular weight excluding hydrogens is 266 g/mol. The van der Waals surface area contributed by atoms with Crippen LogP contribution < -0.4 is 10.2 Å². The number of hydrogen-bond donors (Lipinski definition) is 1. The molecule has 2 atom stereocenters. The van der Waals surface area contributed by atoms with Crippen LogP contribution in [0.25, 0.3) is 5.65 Å². The van der Waals surface area contributed by atoms with Crippen LogP contribution in [0.2, 0.25) is 0 Å². The molecule has 2 unspecified atom stereocenters. The average Bonchev–Trinajstić information content (AvgIpc) is 2.96. The van der Waals surface area contributed by atoms with E-state index in [4.69, 9.17) is 9.72 Å². The maximum Gasteiger partial charge on any atom is 0.180 e. The number of hydrogen-bond acceptors (Lipinski definition) is 5. The molecule has 1 N–H and O–H groups in total. The first kappa shape index (κ1) is 14.1. The molecule has 0 bridgehead atoms. The second kappa shape index (κ2) is 5.89. The van der Waals surface area contributed by atoms with Crippen LogP contribution in [0.1, 0.15) is 20.3 Å². The van der Waals surface area contributed by atoms with Crippen LogP contribution in [0.4, 0.5) is 11.6 Å². The minimum Gasteiger partial charge on any atom is -0.379 e. The Balaban J connectivity index is 1.96. The molecule has 0 saturated carbocycles. The molecule has 0 radical (unpaired) electrons. The highest BCUT2D eigenvalue weighted by molar-refractivity contribution is 5.67. The van der Waals surface area contributed by atoms with E-state index in [1.165, 1.54) is 0 Å². The molecule has 0 aromatic carbocycles. The Morgan fingerprint density at radius 1 is 1.48 bits per heavy atom. The highest BCUT2D eigenvalue weighted by atomic mass is 16.5. The van der Waals surface area contributed by atoms with Gasteiger partial charge in [-0.2, -0.15) is 0 Å². The third-order valence-electron chi connectivity index (χ3n) is 4.21. The van der Waals surface area contributed by atoms with Crippen molar-refractivity contribution in [3.05, 3.63) is 18.6 Å². The first-order chi connectivity index (χ1) is 10.2. The number of nitrogens with zero attached hydrogens (tertiary/aromatic N) is 4. The van der Waals surface area contributed by atoms with Crippen LogP contribution >= 0.6 is 0 Å².